The van der Waals surface area contributed by atoms with Crippen molar-refractivity contribution in [2.45, 2.75) is 19.8 Å². The Kier molecular flexibility index (Phi) is 4.27. The molecular weight excluding hydrogens is 263 g/mol. The van der Waals surface area contributed by atoms with Gasteiger partial charge in [0.2, 0.25) is 0 Å². The molecule has 0 radical (unpaired) electrons. The van der Waals surface area contributed by atoms with Gasteiger partial charge in [-0.2, -0.15) is 0 Å². The maximum Gasteiger partial charge on any atom is 0.313 e. The van der Waals surface area contributed by atoms with Crippen LogP contribution in [0.1, 0.15) is 25.3 Å². The van der Waals surface area contributed by atoms with Crippen molar-refractivity contribution in [3.8, 4) is 0 Å². The number of ether oxygens (including phenoxy) is 1. The lowest BCUT2D eigenvalue weighted by Gasteiger charge is -2.12. The molecule has 1 rings (SSSR count). The molecule has 1 unspecified atom stereocenters. The fraction of sp³-hybridized carbons (Fsp3) is 0.364. The molecule has 0 bridgehead atoms. The summed E-state index contributed by atoms with van der Waals surface area (Å²) in [7, 11) is 0. The molecule has 1 atom stereocenters. The first-order valence-corrected chi connectivity index (χ1v) is 5.47. The second kappa shape index (κ2) is 5.26. The van der Waals surface area contributed by atoms with Crippen LogP contribution in [0.25, 0.3) is 0 Å². The molecular formula is C11H12BrFO2. The van der Waals surface area contributed by atoms with Crippen LogP contribution in [0.4, 0.5) is 4.39 Å². The van der Waals surface area contributed by atoms with Gasteiger partial charge in [-0.05, 0) is 37.6 Å². The molecule has 0 aromatic heterocycles. The van der Waals surface area contributed by atoms with E-state index in [2.05, 4.69) is 15.9 Å². The van der Waals surface area contributed by atoms with E-state index < -0.39 is 5.92 Å². The summed E-state index contributed by atoms with van der Waals surface area (Å²) in [4.78, 5) is 11.4. The first-order chi connectivity index (χ1) is 7.06. The van der Waals surface area contributed by atoms with Gasteiger partial charge >= 0.3 is 5.97 Å². The molecule has 0 saturated carbocycles. The standard InChI is InChI=1S/C11H12BrFO2/c1-3-15-11(14)7(2)9-6-8(13)4-5-10(9)12/h4-7H,3H2,1-2H3. The summed E-state index contributed by atoms with van der Waals surface area (Å²) in [6.07, 6.45) is 0. The summed E-state index contributed by atoms with van der Waals surface area (Å²) < 4.78 is 18.6. The molecule has 0 N–H and O–H groups in total. The summed E-state index contributed by atoms with van der Waals surface area (Å²) in [6, 6.07) is 4.26. The van der Waals surface area contributed by atoms with Crippen LogP contribution in [-0.4, -0.2) is 12.6 Å². The first-order valence-electron chi connectivity index (χ1n) is 4.67. The van der Waals surface area contributed by atoms with E-state index in [1.54, 1.807) is 19.9 Å². The Balaban J connectivity index is 2.94. The van der Waals surface area contributed by atoms with Gasteiger partial charge in [0.25, 0.3) is 0 Å². The van der Waals surface area contributed by atoms with E-state index in [1.807, 2.05) is 0 Å². The van der Waals surface area contributed by atoms with Crippen molar-refractivity contribution in [1.82, 2.24) is 0 Å². The summed E-state index contributed by atoms with van der Waals surface area (Å²) in [6.45, 7) is 3.76. The SMILES string of the molecule is CCOC(=O)C(C)c1cc(F)ccc1Br. The molecule has 1 aromatic rings. The minimum absolute atomic E-state index is 0.329. The zero-order chi connectivity index (χ0) is 11.4. The van der Waals surface area contributed by atoms with E-state index in [9.17, 15) is 9.18 Å². The van der Waals surface area contributed by atoms with Gasteiger partial charge in [-0.25, -0.2) is 4.39 Å². The molecule has 15 heavy (non-hydrogen) atoms. The van der Waals surface area contributed by atoms with Gasteiger partial charge in [-0.1, -0.05) is 15.9 Å². The van der Waals surface area contributed by atoms with Crippen LogP contribution in [-0.2, 0) is 9.53 Å². The van der Waals surface area contributed by atoms with Gasteiger partial charge in [0.15, 0.2) is 0 Å². The Morgan fingerprint density at radius 2 is 2.27 bits per heavy atom. The Bertz CT molecular complexity index is 366. The molecule has 4 heteroatoms. The van der Waals surface area contributed by atoms with Crippen molar-refractivity contribution in [2.75, 3.05) is 6.61 Å². The summed E-state index contributed by atoms with van der Waals surface area (Å²) in [5, 5.41) is 0. The molecule has 0 saturated heterocycles. The summed E-state index contributed by atoms with van der Waals surface area (Å²) in [5.74, 6) is -1.16. The van der Waals surface area contributed by atoms with E-state index in [0.29, 0.717) is 16.6 Å². The van der Waals surface area contributed by atoms with Crippen molar-refractivity contribution < 1.29 is 13.9 Å². The highest BCUT2D eigenvalue weighted by molar-refractivity contribution is 9.10. The molecule has 2 nitrogen and oxygen atoms in total. The number of halogens is 2. The van der Waals surface area contributed by atoms with Gasteiger partial charge in [0.05, 0.1) is 12.5 Å². The molecule has 0 aliphatic rings. The van der Waals surface area contributed by atoms with Crippen LogP contribution < -0.4 is 0 Å². The van der Waals surface area contributed by atoms with E-state index in [0.717, 1.165) is 0 Å². The third-order valence-electron chi connectivity index (χ3n) is 2.06. The minimum Gasteiger partial charge on any atom is -0.466 e. The summed E-state index contributed by atoms with van der Waals surface area (Å²) in [5.41, 5.74) is 0.605. The third kappa shape index (κ3) is 3.02. The Labute approximate surface area is 96.6 Å². The number of hydrogen-bond donors (Lipinski definition) is 0. The highest BCUT2D eigenvalue weighted by atomic mass is 79.9. The predicted molar refractivity (Wildman–Crippen MR) is 59.1 cm³/mol. The number of esters is 1. The van der Waals surface area contributed by atoms with Crippen molar-refractivity contribution >= 4 is 21.9 Å². The van der Waals surface area contributed by atoms with E-state index in [4.69, 9.17) is 4.74 Å². The molecule has 0 aliphatic carbocycles. The average Bonchev–Trinajstić information content (AvgIpc) is 2.21. The van der Waals surface area contributed by atoms with Crippen molar-refractivity contribution in [1.29, 1.82) is 0 Å². The quantitative estimate of drug-likeness (QED) is 0.791. The number of hydrogen-bond acceptors (Lipinski definition) is 2. The zero-order valence-corrected chi connectivity index (χ0v) is 10.2. The second-order valence-electron chi connectivity index (χ2n) is 3.14. The maximum atomic E-state index is 13.0. The normalized spacial score (nSPS) is 12.3. The van der Waals surface area contributed by atoms with Crippen LogP contribution in [0.3, 0.4) is 0 Å². The van der Waals surface area contributed by atoms with E-state index in [1.165, 1.54) is 12.1 Å². The number of benzene rings is 1. The second-order valence-corrected chi connectivity index (χ2v) is 3.99. The molecule has 0 heterocycles. The highest BCUT2D eigenvalue weighted by Gasteiger charge is 2.19. The molecule has 0 amide bonds. The lowest BCUT2D eigenvalue weighted by atomic mass is 10.0. The fourth-order valence-corrected chi connectivity index (χ4v) is 1.83. The third-order valence-corrected chi connectivity index (χ3v) is 2.79. The smallest absolute Gasteiger partial charge is 0.313 e. The van der Waals surface area contributed by atoms with Gasteiger partial charge in [-0.3, -0.25) is 4.79 Å². The van der Waals surface area contributed by atoms with Gasteiger partial charge in [0.1, 0.15) is 5.82 Å². The predicted octanol–water partition coefficient (Wildman–Crippen LogP) is 3.25. The molecule has 0 spiro atoms. The number of rotatable bonds is 3. The molecule has 0 aliphatic heterocycles. The Morgan fingerprint density at radius 1 is 1.60 bits per heavy atom. The highest BCUT2D eigenvalue weighted by Crippen LogP contribution is 2.26. The lowest BCUT2D eigenvalue weighted by molar-refractivity contribution is -0.144. The van der Waals surface area contributed by atoms with Gasteiger partial charge in [-0.15, -0.1) is 0 Å². The number of carbonyl (C=O) groups excluding carboxylic acids is 1. The molecule has 82 valence electrons. The van der Waals surface area contributed by atoms with Crippen molar-refractivity contribution in [3.05, 3.63) is 34.1 Å². The Hall–Kier alpha value is -0.900. The van der Waals surface area contributed by atoms with Crippen LogP contribution in [0.2, 0.25) is 0 Å². The molecule has 1 aromatic carbocycles. The number of carbonyl (C=O) groups is 1. The van der Waals surface area contributed by atoms with E-state index >= 15 is 0 Å². The first kappa shape index (κ1) is 12.2. The topological polar surface area (TPSA) is 26.3 Å². The van der Waals surface area contributed by atoms with Gasteiger partial charge < -0.3 is 4.74 Å². The summed E-state index contributed by atoms with van der Waals surface area (Å²) >= 11 is 3.28. The van der Waals surface area contributed by atoms with Crippen LogP contribution in [0.5, 0.6) is 0 Å². The largest absolute Gasteiger partial charge is 0.466 e. The average molecular weight is 275 g/mol. The monoisotopic (exact) mass is 274 g/mol. The van der Waals surface area contributed by atoms with Crippen LogP contribution >= 0.6 is 15.9 Å². The van der Waals surface area contributed by atoms with Crippen LogP contribution in [0, 0.1) is 5.82 Å². The molecule has 0 fully saturated rings. The van der Waals surface area contributed by atoms with Crippen molar-refractivity contribution in [2.24, 2.45) is 0 Å². The van der Waals surface area contributed by atoms with E-state index in [-0.39, 0.29) is 11.8 Å². The minimum atomic E-state index is -0.463. The van der Waals surface area contributed by atoms with Crippen molar-refractivity contribution in [3.63, 3.8) is 0 Å². The van der Waals surface area contributed by atoms with Gasteiger partial charge in [0, 0.05) is 4.47 Å². The fourth-order valence-electron chi connectivity index (χ4n) is 1.24. The maximum absolute atomic E-state index is 13.0. The lowest BCUT2D eigenvalue weighted by Crippen LogP contribution is -2.13. The Morgan fingerprint density at radius 3 is 2.87 bits per heavy atom. The van der Waals surface area contributed by atoms with Crippen LogP contribution in [0.15, 0.2) is 22.7 Å². The zero-order valence-electron chi connectivity index (χ0n) is 8.59.